The van der Waals surface area contributed by atoms with E-state index in [0.717, 1.165) is 5.56 Å². The predicted octanol–water partition coefficient (Wildman–Crippen LogP) is 5.58. The molecule has 0 aromatic heterocycles. The third-order valence-electron chi connectivity index (χ3n) is 5.01. The van der Waals surface area contributed by atoms with Gasteiger partial charge in [0.15, 0.2) is 0 Å². The van der Waals surface area contributed by atoms with Gasteiger partial charge in [0.2, 0.25) is 5.91 Å². The number of nitrogens with zero attached hydrogens (tertiary/aromatic N) is 2. The van der Waals surface area contributed by atoms with Crippen LogP contribution in [0, 0.1) is 0 Å². The number of carbonyl (C=O) groups is 2. The zero-order valence-electron chi connectivity index (χ0n) is 15.7. The zero-order chi connectivity index (χ0) is 20.5. The summed E-state index contributed by atoms with van der Waals surface area (Å²) in [6.45, 7) is 2.09. The average Bonchev–Trinajstić information content (AvgIpc) is 2.74. The highest BCUT2D eigenvalue weighted by Gasteiger charge is 2.38. The van der Waals surface area contributed by atoms with Crippen molar-refractivity contribution >= 4 is 46.4 Å². The molecule has 6 heteroatoms. The lowest BCUT2D eigenvalue weighted by atomic mass is 10.0. The SMILES string of the molecule is CC1C(=O)N(Cc2ccc(Cl)c(Cl)c2)c2ccccc2N1C(=O)c1ccccc1. The zero-order valence-corrected chi connectivity index (χ0v) is 17.2. The van der Waals surface area contributed by atoms with Gasteiger partial charge in [0.25, 0.3) is 5.91 Å². The molecule has 0 saturated carbocycles. The number of halogens is 2. The second-order valence-corrected chi connectivity index (χ2v) is 7.69. The van der Waals surface area contributed by atoms with E-state index >= 15 is 0 Å². The Kier molecular flexibility index (Phi) is 5.31. The molecule has 3 aromatic carbocycles. The van der Waals surface area contributed by atoms with Gasteiger partial charge in [0.05, 0.1) is 28.0 Å². The molecule has 0 N–H and O–H groups in total. The Hall–Kier alpha value is -2.82. The van der Waals surface area contributed by atoms with E-state index in [4.69, 9.17) is 23.2 Å². The molecule has 3 aromatic rings. The molecule has 1 heterocycles. The summed E-state index contributed by atoms with van der Waals surface area (Å²) in [4.78, 5) is 29.7. The highest BCUT2D eigenvalue weighted by molar-refractivity contribution is 6.42. The molecule has 0 bridgehead atoms. The van der Waals surface area contributed by atoms with Crippen molar-refractivity contribution in [3.05, 3.63) is 94.0 Å². The Morgan fingerprint density at radius 3 is 2.24 bits per heavy atom. The third-order valence-corrected chi connectivity index (χ3v) is 5.75. The molecule has 0 radical (unpaired) electrons. The second kappa shape index (κ2) is 7.90. The van der Waals surface area contributed by atoms with E-state index in [1.807, 2.05) is 48.5 Å². The van der Waals surface area contributed by atoms with Gasteiger partial charge in [-0.3, -0.25) is 14.5 Å². The molecule has 2 amide bonds. The summed E-state index contributed by atoms with van der Waals surface area (Å²) in [6.07, 6.45) is 0. The predicted molar refractivity (Wildman–Crippen MR) is 117 cm³/mol. The third kappa shape index (κ3) is 3.61. The van der Waals surface area contributed by atoms with Crippen molar-refractivity contribution in [3.63, 3.8) is 0 Å². The van der Waals surface area contributed by atoms with E-state index in [1.165, 1.54) is 0 Å². The van der Waals surface area contributed by atoms with Gasteiger partial charge in [-0.2, -0.15) is 0 Å². The van der Waals surface area contributed by atoms with Gasteiger partial charge in [-0.1, -0.05) is 59.6 Å². The minimum Gasteiger partial charge on any atom is -0.304 e. The van der Waals surface area contributed by atoms with Gasteiger partial charge in [-0.05, 0) is 48.9 Å². The van der Waals surface area contributed by atoms with Crippen LogP contribution in [0.25, 0.3) is 0 Å². The number of benzene rings is 3. The number of carbonyl (C=O) groups excluding carboxylic acids is 2. The maximum Gasteiger partial charge on any atom is 0.259 e. The first-order chi connectivity index (χ1) is 14.0. The molecule has 1 unspecified atom stereocenters. The fourth-order valence-electron chi connectivity index (χ4n) is 3.55. The lowest BCUT2D eigenvalue weighted by Crippen LogP contribution is -2.54. The first-order valence-corrected chi connectivity index (χ1v) is 9.96. The molecule has 4 nitrogen and oxygen atoms in total. The Labute approximate surface area is 179 Å². The van der Waals surface area contributed by atoms with E-state index in [-0.39, 0.29) is 11.8 Å². The number of rotatable bonds is 3. The summed E-state index contributed by atoms with van der Waals surface area (Å²) < 4.78 is 0. The Balaban J connectivity index is 1.74. The summed E-state index contributed by atoms with van der Waals surface area (Å²) in [6, 6.07) is 21.1. The lowest BCUT2D eigenvalue weighted by Gasteiger charge is -2.40. The van der Waals surface area contributed by atoms with Crippen molar-refractivity contribution in [1.82, 2.24) is 0 Å². The molecule has 0 aliphatic carbocycles. The van der Waals surface area contributed by atoms with E-state index in [0.29, 0.717) is 33.5 Å². The van der Waals surface area contributed by atoms with Crippen LogP contribution in [0.15, 0.2) is 72.8 Å². The topological polar surface area (TPSA) is 40.6 Å². The van der Waals surface area contributed by atoms with Crippen LogP contribution in [0.4, 0.5) is 11.4 Å². The number of hydrogen-bond acceptors (Lipinski definition) is 2. The van der Waals surface area contributed by atoms with Crippen LogP contribution < -0.4 is 9.80 Å². The fourth-order valence-corrected chi connectivity index (χ4v) is 3.87. The van der Waals surface area contributed by atoms with Crippen molar-refractivity contribution in [2.24, 2.45) is 0 Å². The van der Waals surface area contributed by atoms with E-state index in [2.05, 4.69) is 0 Å². The number of anilines is 2. The van der Waals surface area contributed by atoms with Crippen molar-refractivity contribution in [2.75, 3.05) is 9.80 Å². The maximum atomic E-state index is 13.3. The van der Waals surface area contributed by atoms with Crippen molar-refractivity contribution < 1.29 is 9.59 Å². The fraction of sp³-hybridized carbons (Fsp3) is 0.130. The number of hydrogen-bond donors (Lipinski definition) is 0. The van der Waals surface area contributed by atoms with E-state index in [9.17, 15) is 9.59 Å². The van der Waals surface area contributed by atoms with Crippen LogP contribution in [-0.2, 0) is 11.3 Å². The molecule has 1 aliphatic rings. The molecular formula is C23H18Cl2N2O2. The number of amides is 2. The molecule has 4 rings (SSSR count). The molecule has 1 aliphatic heterocycles. The quantitative estimate of drug-likeness (QED) is 0.550. The van der Waals surface area contributed by atoms with Crippen LogP contribution in [0.1, 0.15) is 22.8 Å². The summed E-state index contributed by atoms with van der Waals surface area (Å²) in [5, 5.41) is 0.907. The van der Waals surface area contributed by atoms with Crippen molar-refractivity contribution in [1.29, 1.82) is 0 Å². The monoisotopic (exact) mass is 424 g/mol. The Bertz CT molecular complexity index is 1090. The normalized spacial score (nSPS) is 16.0. The summed E-state index contributed by atoms with van der Waals surface area (Å²) in [7, 11) is 0. The Morgan fingerprint density at radius 1 is 0.897 bits per heavy atom. The minimum atomic E-state index is -0.639. The van der Waals surface area contributed by atoms with Crippen LogP contribution >= 0.6 is 23.2 Å². The molecule has 1 atom stereocenters. The molecule has 29 heavy (non-hydrogen) atoms. The molecule has 0 spiro atoms. The van der Waals surface area contributed by atoms with Gasteiger partial charge < -0.3 is 4.90 Å². The summed E-state index contributed by atoms with van der Waals surface area (Å²) >= 11 is 12.2. The van der Waals surface area contributed by atoms with E-state index < -0.39 is 6.04 Å². The van der Waals surface area contributed by atoms with Gasteiger partial charge >= 0.3 is 0 Å². The van der Waals surface area contributed by atoms with Gasteiger partial charge in [-0.25, -0.2) is 0 Å². The second-order valence-electron chi connectivity index (χ2n) is 6.88. The van der Waals surface area contributed by atoms with Crippen LogP contribution in [0.5, 0.6) is 0 Å². The largest absolute Gasteiger partial charge is 0.304 e. The van der Waals surface area contributed by atoms with Crippen LogP contribution in [0.3, 0.4) is 0 Å². The molecular weight excluding hydrogens is 407 g/mol. The summed E-state index contributed by atoms with van der Waals surface area (Å²) in [5.74, 6) is -0.354. The highest BCUT2D eigenvalue weighted by Crippen LogP contribution is 2.38. The highest BCUT2D eigenvalue weighted by atomic mass is 35.5. The molecule has 0 fully saturated rings. The number of para-hydroxylation sites is 2. The first kappa shape index (κ1) is 19.5. The summed E-state index contributed by atoms with van der Waals surface area (Å²) in [5.41, 5.74) is 2.79. The van der Waals surface area contributed by atoms with Gasteiger partial charge in [-0.15, -0.1) is 0 Å². The standard InChI is InChI=1S/C23H18Cl2N2O2/c1-15-22(28)26(14-16-11-12-18(24)19(25)13-16)20-9-5-6-10-21(20)27(15)23(29)17-7-3-2-4-8-17/h2-13,15H,14H2,1H3. The smallest absolute Gasteiger partial charge is 0.259 e. The lowest BCUT2D eigenvalue weighted by molar-refractivity contribution is -0.119. The van der Waals surface area contributed by atoms with Crippen molar-refractivity contribution in [3.8, 4) is 0 Å². The first-order valence-electron chi connectivity index (χ1n) is 9.20. The average molecular weight is 425 g/mol. The van der Waals surface area contributed by atoms with Crippen LogP contribution in [-0.4, -0.2) is 17.9 Å². The molecule has 0 saturated heterocycles. The van der Waals surface area contributed by atoms with Crippen LogP contribution in [0.2, 0.25) is 10.0 Å². The molecule has 146 valence electrons. The maximum absolute atomic E-state index is 13.3. The van der Waals surface area contributed by atoms with Crippen molar-refractivity contribution in [2.45, 2.75) is 19.5 Å². The minimum absolute atomic E-state index is 0.154. The Morgan fingerprint density at radius 2 is 1.55 bits per heavy atom. The van der Waals surface area contributed by atoms with E-state index in [1.54, 1.807) is 41.0 Å². The van der Waals surface area contributed by atoms with Gasteiger partial charge in [0.1, 0.15) is 6.04 Å². The number of fused-ring (bicyclic) bond motifs is 1. The van der Waals surface area contributed by atoms with Gasteiger partial charge in [0, 0.05) is 5.56 Å².